The van der Waals surface area contributed by atoms with E-state index in [2.05, 4.69) is 31.1 Å². The van der Waals surface area contributed by atoms with Crippen molar-refractivity contribution in [2.75, 3.05) is 0 Å². The van der Waals surface area contributed by atoms with Crippen LogP contribution >= 0.6 is 15.9 Å². The lowest BCUT2D eigenvalue weighted by Gasteiger charge is -2.11. The van der Waals surface area contributed by atoms with Crippen LogP contribution in [-0.2, 0) is 13.6 Å². The predicted molar refractivity (Wildman–Crippen MR) is 75.2 cm³/mol. The second-order valence-electron chi connectivity index (χ2n) is 4.15. The highest BCUT2D eigenvalue weighted by molar-refractivity contribution is 9.10. The Labute approximate surface area is 128 Å². The zero-order chi connectivity index (χ0) is 15.4. The molecule has 112 valence electrons. The molecule has 1 aromatic carbocycles. The first kappa shape index (κ1) is 15.4. The lowest BCUT2D eigenvalue weighted by molar-refractivity contribution is -0.0501. The summed E-state index contributed by atoms with van der Waals surface area (Å²) in [6, 6.07) is 6.01. The van der Waals surface area contributed by atoms with E-state index in [1.807, 2.05) is 0 Å². The Bertz CT molecular complexity index is 646. The average Bonchev–Trinajstić information content (AvgIpc) is 2.83. The normalized spacial score (nSPS) is 10.7. The molecular formula is C13H12BrF2N3O2. The lowest BCUT2D eigenvalue weighted by atomic mass is 10.2. The number of amides is 1. The number of nitrogens with zero attached hydrogens (tertiary/aromatic N) is 2. The molecule has 0 aliphatic rings. The van der Waals surface area contributed by atoms with Crippen LogP contribution in [0.5, 0.6) is 5.75 Å². The molecule has 0 unspecified atom stereocenters. The van der Waals surface area contributed by atoms with Crippen LogP contribution in [0.15, 0.2) is 34.9 Å². The highest BCUT2D eigenvalue weighted by Crippen LogP contribution is 2.24. The minimum absolute atomic E-state index is 0.0341. The zero-order valence-electron chi connectivity index (χ0n) is 11.0. The largest absolute Gasteiger partial charge is 0.434 e. The molecule has 0 spiro atoms. The number of carbonyl (C=O) groups is 1. The van der Waals surface area contributed by atoms with Gasteiger partial charge in [-0.3, -0.25) is 9.48 Å². The van der Waals surface area contributed by atoms with E-state index in [1.165, 1.54) is 18.2 Å². The number of halogens is 3. The average molecular weight is 360 g/mol. The van der Waals surface area contributed by atoms with E-state index in [9.17, 15) is 13.6 Å². The van der Waals surface area contributed by atoms with Gasteiger partial charge in [-0.05, 0) is 24.3 Å². The molecule has 1 aromatic heterocycles. The minimum Gasteiger partial charge on any atom is -0.434 e. The molecule has 21 heavy (non-hydrogen) atoms. The third-order valence-corrected chi connectivity index (χ3v) is 3.25. The highest BCUT2D eigenvalue weighted by Gasteiger charge is 2.16. The minimum atomic E-state index is -2.99. The number of carbonyl (C=O) groups excluding carboxylic acids is 1. The summed E-state index contributed by atoms with van der Waals surface area (Å²) in [5, 5.41) is 6.61. The number of benzene rings is 1. The molecule has 2 rings (SSSR count). The van der Waals surface area contributed by atoms with Gasteiger partial charge < -0.3 is 10.1 Å². The van der Waals surface area contributed by atoms with Crippen molar-refractivity contribution in [1.82, 2.24) is 15.1 Å². The first-order valence-electron chi connectivity index (χ1n) is 5.97. The van der Waals surface area contributed by atoms with Gasteiger partial charge in [-0.1, -0.05) is 15.9 Å². The van der Waals surface area contributed by atoms with Gasteiger partial charge in [0.2, 0.25) is 0 Å². The van der Waals surface area contributed by atoms with Crippen molar-refractivity contribution in [2.24, 2.45) is 7.05 Å². The van der Waals surface area contributed by atoms with Crippen LogP contribution in [-0.4, -0.2) is 22.3 Å². The van der Waals surface area contributed by atoms with Crippen LogP contribution in [0.4, 0.5) is 8.78 Å². The fourth-order valence-corrected chi connectivity index (χ4v) is 2.08. The molecule has 0 bridgehead atoms. The number of alkyl halides is 2. The van der Waals surface area contributed by atoms with Crippen molar-refractivity contribution in [2.45, 2.75) is 13.2 Å². The van der Waals surface area contributed by atoms with Crippen molar-refractivity contribution >= 4 is 21.8 Å². The Balaban J connectivity index is 2.14. The van der Waals surface area contributed by atoms with Crippen LogP contribution in [0.25, 0.3) is 0 Å². The van der Waals surface area contributed by atoms with Crippen LogP contribution in [0.2, 0.25) is 0 Å². The fourth-order valence-electron chi connectivity index (χ4n) is 1.72. The monoisotopic (exact) mass is 359 g/mol. The summed E-state index contributed by atoms with van der Waals surface area (Å²) >= 11 is 3.20. The zero-order valence-corrected chi connectivity index (χ0v) is 12.6. The summed E-state index contributed by atoms with van der Waals surface area (Å²) in [4.78, 5) is 12.1. The molecule has 0 aliphatic heterocycles. The van der Waals surface area contributed by atoms with Crippen molar-refractivity contribution in [3.8, 4) is 5.75 Å². The van der Waals surface area contributed by atoms with Gasteiger partial charge in [-0.25, -0.2) is 0 Å². The Hall–Kier alpha value is -1.96. The third kappa shape index (κ3) is 4.01. The molecule has 1 N–H and O–H groups in total. The van der Waals surface area contributed by atoms with Crippen LogP contribution < -0.4 is 10.1 Å². The molecule has 0 saturated carbocycles. The van der Waals surface area contributed by atoms with Gasteiger partial charge in [-0.15, -0.1) is 0 Å². The molecule has 0 atom stereocenters. The van der Waals surface area contributed by atoms with Crippen molar-refractivity contribution in [3.63, 3.8) is 0 Å². The van der Waals surface area contributed by atoms with Crippen LogP contribution in [0, 0.1) is 0 Å². The molecule has 2 aromatic rings. The Morgan fingerprint density at radius 1 is 1.48 bits per heavy atom. The second kappa shape index (κ2) is 6.66. The maximum absolute atomic E-state index is 12.3. The lowest BCUT2D eigenvalue weighted by Crippen LogP contribution is -2.25. The molecule has 1 heterocycles. The van der Waals surface area contributed by atoms with Crippen LogP contribution in [0.3, 0.4) is 0 Å². The van der Waals surface area contributed by atoms with E-state index in [1.54, 1.807) is 24.0 Å². The number of ether oxygens (including phenoxy) is 1. The van der Waals surface area contributed by atoms with Crippen molar-refractivity contribution in [3.05, 3.63) is 46.2 Å². The SMILES string of the molecule is Cn1nccc1CNC(=O)c1cc(Br)ccc1OC(F)F. The molecule has 1 amide bonds. The number of aryl methyl sites for hydroxylation is 1. The first-order valence-corrected chi connectivity index (χ1v) is 6.76. The van der Waals surface area contributed by atoms with Gasteiger partial charge in [0.25, 0.3) is 5.91 Å². The van der Waals surface area contributed by atoms with E-state index in [4.69, 9.17) is 0 Å². The Kier molecular flexibility index (Phi) is 4.89. The van der Waals surface area contributed by atoms with E-state index in [-0.39, 0.29) is 17.9 Å². The Morgan fingerprint density at radius 2 is 2.24 bits per heavy atom. The molecule has 5 nitrogen and oxygen atoms in total. The number of aromatic nitrogens is 2. The third-order valence-electron chi connectivity index (χ3n) is 2.75. The van der Waals surface area contributed by atoms with E-state index < -0.39 is 12.5 Å². The number of rotatable bonds is 5. The summed E-state index contributed by atoms with van der Waals surface area (Å²) in [6.07, 6.45) is 1.60. The summed E-state index contributed by atoms with van der Waals surface area (Å²) in [7, 11) is 1.74. The van der Waals surface area contributed by atoms with Crippen LogP contribution in [0.1, 0.15) is 16.1 Å². The highest BCUT2D eigenvalue weighted by atomic mass is 79.9. The first-order chi connectivity index (χ1) is 9.97. The van der Waals surface area contributed by atoms with E-state index in [0.717, 1.165) is 5.69 Å². The van der Waals surface area contributed by atoms with Gasteiger partial charge in [0.1, 0.15) is 5.75 Å². The summed E-state index contributed by atoms with van der Waals surface area (Å²) in [6.45, 7) is -2.76. The molecule has 0 aliphatic carbocycles. The molecule has 0 fully saturated rings. The Morgan fingerprint density at radius 3 is 2.86 bits per heavy atom. The van der Waals surface area contributed by atoms with Gasteiger partial charge in [0.15, 0.2) is 0 Å². The second-order valence-corrected chi connectivity index (χ2v) is 5.06. The number of hydrogen-bond donors (Lipinski definition) is 1. The smallest absolute Gasteiger partial charge is 0.387 e. The van der Waals surface area contributed by atoms with Gasteiger partial charge in [0, 0.05) is 17.7 Å². The summed E-state index contributed by atoms with van der Waals surface area (Å²) in [5.41, 5.74) is 0.821. The van der Waals surface area contributed by atoms with Crippen molar-refractivity contribution < 1.29 is 18.3 Å². The molecule has 0 radical (unpaired) electrons. The summed E-state index contributed by atoms with van der Waals surface area (Å²) < 4.78 is 31.2. The topological polar surface area (TPSA) is 56.2 Å². The molecule has 8 heteroatoms. The number of hydrogen-bond acceptors (Lipinski definition) is 3. The van der Waals surface area contributed by atoms with Gasteiger partial charge in [0.05, 0.1) is 17.8 Å². The van der Waals surface area contributed by atoms with Crippen molar-refractivity contribution in [1.29, 1.82) is 0 Å². The maximum Gasteiger partial charge on any atom is 0.387 e. The van der Waals surface area contributed by atoms with Gasteiger partial charge >= 0.3 is 6.61 Å². The standard InChI is InChI=1S/C13H12BrF2N3O2/c1-19-9(4-5-18-19)7-17-12(20)10-6-8(14)2-3-11(10)21-13(15)16/h2-6,13H,7H2,1H3,(H,17,20). The van der Waals surface area contributed by atoms with E-state index >= 15 is 0 Å². The molecular weight excluding hydrogens is 348 g/mol. The summed E-state index contributed by atoms with van der Waals surface area (Å²) in [5.74, 6) is -0.677. The fraction of sp³-hybridized carbons (Fsp3) is 0.231. The molecule has 0 saturated heterocycles. The maximum atomic E-state index is 12.3. The number of nitrogens with one attached hydrogen (secondary N) is 1. The van der Waals surface area contributed by atoms with E-state index in [0.29, 0.717) is 4.47 Å². The van der Waals surface area contributed by atoms with Gasteiger partial charge in [-0.2, -0.15) is 13.9 Å². The predicted octanol–water partition coefficient (Wildman–Crippen LogP) is 2.71. The quantitative estimate of drug-likeness (QED) is 0.892.